The number of benzene rings is 2. The molecule has 2 amide bonds. The molecular weight excluding hydrogens is 876 g/mol. The van der Waals surface area contributed by atoms with Crippen molar-refractivity contribution in [1.82, 2.24) is 43.8 Å². The second kappa shape index (κ2) is 17.8. The van der Waals surface area contributed by atoms with Gasteiger partial charge in [-0.15, -0.1) is 0 Å². The van der Waals surface area contributed by atoms with E-state index in [1.54, 1.807) is 79.1 Å². The minimum absolute atomic E-state index is 0.0946. The van der Waals surface area contributed by atoms with Crippen molar-refractivity contribution >= 4 is 63.9 Å². The van der Waals surface area contributed by atoms with Crippen molar-refractivity contribution in [1.29, 1.82) is 0 Å². The summed E-state index contributed by atoms with van der Waals surface area (Å²) in [6, 6.07) is 17.0. The van der Waals surface area contributed by atoms with Crippen LogP contribution in [0.2, 0.25) is 0 Å². The number of carbonyl (C=O) groups excluding carboxylic acids is 2. The first-order chi connectivity index (χ1) is 30.9. The lowest BCUT2D eigenvalue weighted by Gasteiger charge is -2.27. The summed E-state index contributed by atoms with van der Waals surface area (Å²) < 4.78 is 84.4. The third kappa shape index (κ3) is 8.60. The summed E-state index contributed by atoms with van der Waals surface area (Å²) in [7, 11) is -9.19. The minimum Gasteiger partial charge on any atom is -0.350 e. The Bertz CT molecular complexity index is 2900. The molecule has 0 spiro atoms. The lowest BCUT2D eigenvalue weighted by molar-refractivity contribution is -0.0517. The van der Waals surface area contributed by atoms with Crippen molar-refractivity contribution in [2.45, 2.75) is 50.7 Å². The van der Waals surface area contributed by atoms with Gasteiger partial charge in [0.25, 0.3) is 11.8 Å². The van der Waals surface area contributed by atoms with E-state index in [-0.39, 0.29) is 47.1 Å². The Morgan fingerprint density at radius 2 is 1.38 bits per heavy atom. The summed E-state index contributed by atoms with van der Waals surface area (Å²) in [5.74, 6) is -2.08. The van der Waals surface area contributed by atoms with Crippen molar-refractivity contribution in [2.24, 2.45) is 11.8 Å². The minimum atomic E-state index is -4.61. The molecule has 2 bridgehead atoms. The van der Waals surface area contributed by atoms with Crippen LogP contribution < -0.4 is 15.4 Å². The van der Waals surface area contributed by atoms with Crippen molar-refractivity contribution in [3.05, 3.63) is 109 Å². The molecule has 3 aliphatic heterocycles. The number of nitrogens with zero attached hydrogens (tertiary/aromatic N) is 9. The van der Waals surface area contributed by atoms with E-state index in [0.717, 1.165) is 0 Å². The molecule has 2 aromatic carbocycles. The van der Waals surface area contributed by atoms with Gasteiger partial charge in [-0.3, -0.25) is 32.3 Å². The number of hydrogen-bond donors (Lipinski definition) is 3. The van der Waals surface area contributed by atoms with Crippen LogP contribution in [0.1, 0.15) is 47.0 Å². The van der Waals surface area contributed by atoms with Crippen molar-refractivity contribution in [2.75, 3.05) is 36.9 Å². The molecule has 0 radical (unpaired) electrons. The van der Waals surface area contributed by atoms with Crippen LogP contribution >= 0.6 is 7.82 Å². The molecule has 3 N–H and O–H groups in total. The smallest absolute Gasteiger partial charge is 0.350 e. The average molecular weight is 915 g/mol. The van der Waals surface area contributed by atoms with E-state index in [1.807, 2.05) is 0 Å². The van der Waals surface area contributed by atoms with Gasteiger partial charge in [-0.05, 0) is 24.3 Å². The molecule has 23 nitrogen and oxygen atoms in total. The van der Waals surface area contributed by atoms with Crippen LogP contribution in [0.4, 0.5) is 11.6 Å². The molecule has 6 aromatic rings. The summed E-state index contributed by atoms with van der Waals surface area (Å²) in [6.07, 6.45) is -1.44. The lowest BCUT2D eigenvalue weighted by Crippen LogP contribution is -2.42. The van der Waals surface area contributed by atoms with Crippen molar-refractivity contribution in [3.8, 4) is 0 Å². The van der Waals surface area contributed by atoms with Crippen molar-refractivity contribution < 1.29 is 49.8 Å². The molecule has 64 heavy (non-hydrogen) atoms. The normalized spacial score (nSPS) is 28.0. The number of nitrogens with one attached hydrogen (secondary N) is 3. The van der Waals surface area contributed by atoms with Gasteiger partial charge in [-0.25, -0.2) is 45.2 Å². The molecule has 0 aliphatic carbocycles. The number of phosphoric ester groups is 1. The van der Waals surface area contributed by atoms with Gasteiger partial charge in [0, 0.05) is 29.5 Å². The van der Waals surface area contributed by atoms with Crippen LogP contribution in [0, 0.1) is 18.4 Å². The Kier molecular flexibility index (Phi) is 12.0. The monoisotopic (exact) mass is 914 g/mol. The SMILES string of the molecule is [C-]#[N+]CCOP1(=O)OC[C@H]2O[C@@H](n3cnc4c(NC(=O)c5ccccc5)ncnc43)[C@H](OS(=O)(=O)NC[C@H]3O[C@@H](n4cnc5c(NC(=O)c6ccccc6)ncnc54)[C@H](C)[C@@H]3O1)[C@@H]2C. The third-order valence-electron chi connectivity index (χ3n) is 10.9. The van der Waals surface area contributed by atoms with Gasteiger partial charge in [0.1, 0.15) is 43.8 Å². The number of phosphoric acid groups is 1. The average Bonchev–Trinajstić information content (AvgIpc) is 4.07. The molecule has 9 atom stereocenters. The first-order valence-corrected chi connectivity index (χ1v) is 22.8. The first-order valence-electron chi connectivity index (χ1n) is 19.9. The number of anilines is 2. The number of carbonyl (C=O) groups is 2. The highest BCUT2D eigenvalue weighted by atomic mass is 32.2. The number of aromatic nitrogens is 8. The van der Waals surface area contributed by atoms with Crippen molar-refractivity contribution in [3.63, 3.8) is 0 Å². The van der Waals surface area contributed by atoms with Crippen LogP contribution in [0.5, 0.6) is 0 Å². The van der Waals surface area contributed by atoms with Gasteiger partial charge < -0.3 is 25.0 Å². The van der Waals surface area contributed by atoms with Gasteiger partial charge in [-0.2, -0.15) is 13.1 Å². The van der Waals surface area contributed by atoms with E-state index < -0.39 is 91.8 Å². The number of imidazole rings is 2. The Balaban J connectivity index is 1.00. The molecule has 3 aliphatic rings. The maximum atomic E-state index is 14.6. The van der Waals surface area contributed by atoms with E-state index in [0.29, 0.717) is 11.1 Å². The second-order valence-electron chi connectivity index (χ2n) is 15.0. The van der Waals surface area contributed by atoms with Crippen LogP contribution in [-0.2, 0) is 42.1 Å². The first kappa shape index (κ1) is 43.1. The van der Waals surface area contributed by atoms with E-state index in [2.05, 4.69) is 50.1 Å². The molecule has 3 saturated heterocycles. The third-order valence-corrected chi connectivity index (χ3v) is 13.4. The van der Waals surface area contributed by atoms with E-state index in [9.17, 15) is 22.6 Å². The fourth-order valence-corrected chi connectivity index (χ4v) is 10.2. The Morgan fingerprint density at radius 1 is 0.812 bits per heavy atom. The number of fused-ring (bicyclic) bond motifs is 5. The largest absolute Gasteiger partial charge is 0.475 e. The van der Waals surface area contributed by atoms with Gasteiger partial charge >= 0.3 is 18.1 Å². The predicted molar refractivity (Wildman–Crippen MR) is 223 cm³/mol. The van der Waals surface area contributed by atoms with Gasteiger partial charge in [0.05, 0.1) is 25.4 Å². The number of hydrogen-bond acceptors (Lipinski definition) is 17. The number of rotatable bonds is 9. The summed E-state index contributed by atoms with van der Waals surface area (Å²) in [4.78, 5) is 55.4. The summed E-state index contributed by atoms with van der Waals surface area (Å²) >= 11 is 0. The van der Waals surface area contributed by atoms with E-state index >= 15 is 0 Å². The fourth-order valence-electron chi connectivity index (χ4n) is 7.70. The molecule has 3 fully saturated rings. The van der Waals surface area contributed by atoms with Gasteiger partial charge in [-0.1, -0.05) is 50.2 Å². The van der Waals surface area contributed by atoms with E-state index in [1.165, 1.54) is 29.9 Å². The lowest BCUT2D eigenvalue weighted by atomic mass is 10.0. The van der Waals surface area contributed by atoms with Crippen LogP contribution in [-0.4, -0.2) is 110 Å². The number of amides is 2. The second-order valence-corrected chi connectivity index (χ2v) is 18.0. The molecule has 1 unspecified atom stereocenters. The standard InChI is InChI=1S/C39H39N12O11PS/c1-22-27-17-58-63(54,57-15-14-40-3)61-30-23(2)38(50-20-45-28-32(41-18-43-34(28)50)48-36(52)24-10-6-4-7-11-24)59-26(30)16-47-64(55,56)62-31(22)39(60-27)51-21-46-29-33(42-19-44-35(29)51)49-37(53)25-12-8-5-9-13-25/h4-13,18-23,26-27,30-31,38-39,47H,14-17H2,1-2H3,(H,41,43,48,52)(H,42,44,49,53)/t22-,23-,26-,27-,30+,31-,38-,39-,63?/m1/s1. The molecule has 0 saturated carbocycles. The zero-order valence-electron chi connectivity index (χ0n) is 33.9. The van der Waals surface area contributed by atoms with E-state index in [4.69, 9.17) is 33.8 Å². The molecule has 332 valence electrons. The quantitative estimate of drug-likeness (QED) is 0.105. The van der Waals surface area contributed by atoms with Gasteiger partial charge in [0.2, 0.25) is 6.54 Å². The highest BCUT2D eigenvalue weighted by Crippen LogP contribution is 2.55. The maximum absolute atomic E-state index is 14.6. The fraction of sp³-hybridized carbons (Fsp3) is 0.359. The molecular formula is C39H39N12O11PS. The summed E-state index contributed by atoms with van der Waals surface area (Å²) in [6.45, 7) is 9.29. The summed E-state index contributed by atoms with van der Waals surface area (Å²) in [5.41, 5.74) is 1.64. The topological polar surface area (TPSA) is 268 Å². The Labute approximate surface area is 364 Å². The predicted octanol–water partition coefficient (Wildman–Crippen LogP) is 3.92. The molecule has 4 aromatic heterocycles. The maximum Gasteiger partial charge on any atom is 0.475 e. The highest BCUT2D eigenvalue weighted by molar-refractivity contribution is 7.84. The van der Waals surface area contributed by atoms with Gasteiger partial charge in [0.15, 0.2) is 40.2 Å². The van der Waals surface area contributed by atoms with Crippen LogP contribution in [0.25, 0.3) is 27.2 Å². The Hall–Kier alpha value is -6.13. The zero-order valence-corrected chi connectivity index (χ0v) is 35.6. The Morgan fingerprint density at radius 3 is 1.95 bits per heavy atom. The molecule has 7 heterocycles. The highest BCUT2D eigenvalue weighted by Gasteiger charge is 2.52. The number of ether oxygens (including phenoxy) is 2. The zero-order chi connectivity index (χ0) is 44.6. The van der Waals surface area contributed by atoms with Crippen LogP contribution in [0.3, 0.4) is 0 Å². The van der Waals surface area contributed by atoms with Crippen LogP contribution in [0.15, 0.2) is 86.0 Å². The summed E-state index contributed by atoms with van der Waals surface area (Å²) in [5, 5.41) is 5.50. The molecule has 9 rings (SSSR count). The molecule has 25 heteroatoms.